The molecule has 152 valence electrons. The highest BCUT2D eigenvalue weighted by atomic mass is 16.5. The normalized spacial score (nSPS) is 15.3. The average molecular weight is 389 g/mol. The Morgan fingerprint density at radius 3 is 2.25 bits per heavy atom. The van der Waals surface area contributed by atoms with Crippen molar-refractivity contribution in [1.82, 2.24) is 15.5 Å². The lowest BCUT2D eigenvalue weighted by Gasteiger charge is -2.25. The van der Waals surface area contributed by atoms with Crippen LogP contribution in [0.25, 0.3) is 0 Å². The summed E-state index contributed by atoms with van der Waals surface area (Å²) in [7, 11) is 1.31. The molecule has 1 heterocycles. The molecule has 0 radical (unpaired) electrons. The summed E-state index contributed by atoms with van der Waals surface area (Å²) < 4.78 is 4.64. The van der Waals surface area contributed by atoms with E-state index in [9.17, 15) is 19.2 Å². The number of carbonyl (C=O) groups is 4. The van der Waals surface area contributed by atoms with Gasteiger partial charge in [0.25, 0.3) is 5.91 Å². The summed E-state index contributed by atoms with van der Waals surface area (Å²) in [5.41, 5.74) is 0.300. The number of esters is 1. The molecule has 0 atom stereocenters. The van der Waals surface area contributed by atoms with E-state index < -0.39 is 23.4 Å². The van der Waals surface area contributed by atoms with Gasteiger partial charge in [0.05, 0.1) is 12.7 Å². The number of nitrogens with one attached hydrogen (secondary N) is 2. The highest BCUT2D eigenvalue weighted by Gasteiger charge is 2.50. The van der Waals surface area contributed by atoms with Crippen molar-refractivity contribution in [3.05, 3.63) is 35.4 Å². The minimum atomic E-state index is -0.898. The van der Waals surface area contributed by atoms with Gasteiger partial charge in [-0.3, -0.25) is 14.5 Å². The maximum atomic E-state index is 12.8. The lowest BCUT2D eigenvalue weighted by atomic mass is 9.88. The van der Waals surface area contributed by atoms with E-state index in [4.69, 9.17) is 0 Å². The van der Waals surface area contributed by atoms with Gasteiger partial charge in [-0.05, 0) is 30.5 Å². The van der Waals surface area contributed by atoms with Gasteiger partial charge in [0.1, 0.15) is 12.1 Å². The molecule has 8 heteroatoms. The number of benzene rings is 1. The summed E-state index contributed by atoms with van der Waals surface area (Å²) in [5, 5.41) is 5.48. The number of hydrogen-bond donors (Lipinski definition) is 2. The van der Waals surface area contributed by atoms with Crippen LogP contribution in [0.4, 0.5) is 4.79 Å². The standard InChI is InChI=1S/C20H27N3O5/c1-4-10-20(11-5-2)18(26)23(19(27)22-20)13-16(24)21-12-14-6-8-15(9-7-14)17(25)28-3/h6-9H,4-5,10-13H2,1-3H3,(H,21,24)(H,22,27). The first-order chi connectivity index (χ1) is 13.4. The predicted molar refractivity (Wildman–Crippen MR) is 102 cm³/mol. The Labute approximate surface area is 164 Å². The summed E-state index contributed by atoms with van der Waals surface area (Å²) in [6, 6.07) is 6.09. The monoisotopic (exact) mass is 389 g/mol. The lowest BCUT2D eigenvalue weighted by molar-refractivity contribution is -0.135. The zero-order valence-corrected chi connectivity index (χ0v) is 16.5. The molecule has 4 amide bonds. The van der Waals surface area contributed by atoms with Crippen LogP contribution in [-0.4, -0.2) is 47.9 Å². The highest BCUT2D eigenvalue weighted by Crippen LogP contribution is 2.27. The van der Waals surface area contributed by atoms with Crippen molar-refractivity contribution in [1.29, 1.82) is 0 Å². The number of carbonyl (C=O) groups excluding carboxylic acids is 4. The van der Waals surface area contributed by atoms with Crippen LogP contribution in [0.15, 0.2) is 24.3 Å². The first kappa shape index (κ1) is 21.4. The predicted octanol–water partition coefficient (Wildman–Crippen LogP) is 1.98. The van der Waals surface area contributed by atoms with Crippen LogP contribution in [0, 0.1) is 0 Å². The van der Waals surface area contributed by atoms with Gasteiger partial charge >= 0.3 is 12.0 Å². The van der Waals surface area contributed by atoms with E-state index in [0.717, 1.165) is 23.3 Å². The van der Waals surface area contributed by atoms with Crippen molar-refractivity contribution < 1.29 is 23.9 Å². The van der Waals surface area contributed by atoms with Crippen molar-refractivity contribution in [2.24, 2.45) is 0 Å². The van der Waals surface area contributed by atoms with E-state index in [-0.39, 0.29) is 19.0 Å². The second-order valence-corrected chi connectivity index (χ2v) is 6.87. The fraction of sp³-hybridized carbons (Fsp3) is 0.500. The molecule has 0 aromatic heterocycles. The largest absolute Gasteiger partial charge is 0.465 e. The van der Waals surface area contributed by atoms with Crippen molar-refractivity contribution >= 4 is 23.8 Å². The zero-order chi connectivity index (χ0) is 20.7. The van der Waals surface area contributed by atoms with Gasteiger partial charge in [-0.25, -0.2) is 9.59 Å². The lowest BCUT2D eigenvalue weighted by Crippen LogP contribution is -2.47. The summed E-state index contributed by atoms with van der Waals surface area (Å²) >= 11 is 0. The average Bonchev–Trinajstić information content (AvgIpc) is 2.91. The minimum absolute atomic E-state index is 0.221. The number of ether oxygens (including phenoxy) is 1. The molecule has 1 saturated heterocycles. The minimum Gasteiger partial charge on any atom is -0.465 e. The molecule has 0 unspecified atom stereocenters. The van der Waals surface area contributed by atoms with Crippen LogP contribution in [0.2, 0.25) is 0 Å². The molecule has 0 spiro atoms. The topological polar surface area (TPSA) is 105 Å². The van der Waals surface area contributed by atoms with Gasteiger partial charge < -0.3 is 15.4 Å². The first-order valence-corrected chi connectivity index (χ1v) is 9.45. The molecule has 1 aromatic rings. The Bertz CT molecular complexity index is 739. The molecule has 0 bridgehead atoms. The second kappa shape index (κ2) is 9.34. The van der Waals surface area contributed by atoms with Crippen molar-refractivity contribution in [3.63, 3.8) is 0 Å². The van der Waals surface area contributed by atoms with E-state index in [1.165, 1.54) is 7.11 Å². The molecule has 1 aromatic carbocycles. The highest BCUT2D eigenvalue weighted by molar-refractivity contribution is 6.09. The van der Waals surface area contributed by atoms with Gasteiger partial charge in [-0.2, -0.15) is 0 Å². The van der Waals surface area contributed by atoms with Crippen LogP contribution < -0.4 is 10.6 Å². The molecule has 0 saturated carbocycles. The van der Waals surface area contributed by atoms with Gasteiger partial charge in [0.15, 0.2) is 0 Å². The zero-order valence-electron chi connectivity index (χ0n) is 16.5. The number of hydrogen-bond acceptors (Lipinski definition) is 5. The fourth-order valence-corrected chi connectivity index (χ4v) is 3.41. The summed E-state index contributed by atoms with van der Waals surface area (Å²) in [5.74, 6) is -1.19. The molecule has 2 rings (SSSR count). The van der Waals surface area contributed by atoms with Crippen LogP contribution in [0.5, 0.6) is 0 Å². The van der Waals surface area contributed by atoms with E-state index in [0.29, 0.717) is 18.4 Å². The van der Waals surface area contributed by atoms with Crippen LogP contribution in [0.1, 0.15) is 55.5 Å². The number of amides is 4. The molecular formula is C20H27N3O5. The third-order valence-electron chi connectivity index (χ3n) is 4.77. The quantitative estimate of drug-likeness (QED) is 0.496. The van der Waals surface area contributed by atoms with Crippen molar-refractivity contribution in [2.75, 3.05) is 13.7 Å². The first-order valence-electron chi connectivity index (χ1n) is 9.45. The maximum absolute atomic E-state index is 12.8. The smallest absolute Gasteiger partial charge is 0.337 e. The number of urea groups is 1. The van der Waals surface area contributed by atoms with E-state index in [1.807, 2.05) is 13.8 Å². The Morgan fingerprint density at radius 1 is 1.11 bits per heavy atom. The van der Waals surface area contributed by atoms with Crippen LogP contribution in [-0.2, 0) is 20.9 Å². The van der Waals surface area contributed by atoms with Crippen LogP contribution in [0.3, 0.4) is 0 Å². The maximum Gasteiger partial charge on any atom is 0.337 e. The summed E-state index contributed by atoms with van der Waals surface area (Å²) in [4.78, 5) is 49.7. The molecule has 1 aliphatic heterocycles. The number of methoxy groups -OCH3 is 1. The number of nitrogens with zero attached hydrogens (tertiary/aromatic N) is 1. The summed E-state index contributed by atoms with van der Waals surface area (Å²) in [6.45, 7) is 3.81. The SMILES string of the molecule is CCCC1(CCC)NC(=O)N(CC(=O)NCc2ccc(C(=O)OC)cc2)C1=O. The Hall–Kier alpha value is -2.90. The molecule has 28 heavy (non-hydrogen) atoms. The molecule has 8 nitrogen and oxygen atoms in total. The van der Waals surface area contributed by atoms with Crippen LogP contribution >= 0.6 is 0 Å². The number of rotatable bonds is 9. The molecule has 2 N–H and O–H groups in total. The van der Waals surface area contributed by atoms with E-state index >= 15 is 0 Å². The molecular weight excluding hydrogens is 362 g/mol. The van der Waals surface area contributed by atoms with E-state index in [2.05, 4.69) is 15.4 Å². The molecule has 1 aliphatic rings. The summed E-state index contributed by atoms with van der Waals surface area (Å²) in [6.07, 6.45) is 2.62. The second-order valence-electron chi connectivity index (χ2n) is 6.87. The molecule has 0 aliphatic carbocycles. The molecule has 1 fully saturated rings. The third kappa shape index (κ3) is 4.68. The van der Waals surface area contributed by atoms with Crippen molar-refractivity contribution in [2.45, 2.75) is 51.6 Å². The number of imide groups is 1. The van der Waals surface area contributed by atoms with Gasteiger partial charge in [-0.1, -0.05) is 38.8 Å². The van der Waals surface area contributed by atoms with E-state index in [1.54, 1.807) is 24.3 Å². The third-order valence-corrected chi connectivity index (χ3v) is 4.77. The van der Waals surface area contributed by atoms with Gasteiger partial charge in [0.2, 0.25) is 5.91 Å². The van der Waals surface area contributed by atoms with Gasteiger partial charge in [0, 0.05) is 6.54 Å². The Balaban J connectivity index is 1.94. The van der Waals surface area contributed by atoms with Gasteiger partial charge in [-0.15, -0.1) is 0 Å². The Kier molecular flexibility index (Phi) is 7.14. The fourth-order valence-electron chi connectivity index (χ4n) is 3.41. The Morgan fingerprint density at radius 2 is 1.71 bits per heavy atom. The van der Waals surface area contributed by atoms with Crippen molar-refractivity contribution in [3.8, 4) is 0 Å².